The smallest absolute Gasteiger partial charge is 0.0233 e. The summed E-state index contributed by atoms with van der Waals surface area (Å²) in [7, 11) is 0. The Balaban J connectivity index is 1.78. The van der Waals surface area contributed by atoms with Crippen molar-refractivity contribution in [3.8, 4) is 0 Å². The van der Waals surface area contributed by atoms with E-state index in [0.717, 1.165) is 19.4 Å². The highest BCUT2D eigenvalue weighted by Crippen LogP contribution is 2.49. The van der Waals surface area contributed by atoms with Gasteiger partial charge in [0.05, 0.1) is 0 Å². The SMILES string of the molecule is C=C[C@]1(CN)CC[C@@H](C(=C)C)C(c2ccc(CN3CCCC3)cc2)C1. The van der Waals surface area contributed by atoms with Crippen LogP contribution in [0.1, 0.15) is 56.1 Å². The van der Waals surface area contributed by atoms with Crippen LogP contribution < -0.4 is 5.73 Å². The molecule has 2 fully saturated rings. The van der Waals surface area contributed by atoms with Crippen LogP contribution in [0.25, 0.3) is 0 Å². The Morgan fingerprint density at radius 3 is 2.52 bits per heavy atom. The predicted octanol–water partition coefficient (Wildman–Crippen LogP) is 4.87. The van der Waals surface area contributed by atoms with Gasteiger partial charge in [0.15, 0.2) is 0 Å². The number of nitrogens with zero attached hydrogens (tertiary/aromatic N) is 1. The summed E-state index contributed by atoms with van der Waals surface area (Å²) in [5, 5.41) is 0. The summed E-state index contributed by atoms with van der Waals surface area (Å²) in [5.74, 6) is 1.07. The molecule has 0 bridgehead atoms. The molecule has 2 aliphatic rings. The second-order valence-electron chi connectivity index (χ2n) is 8.30. The second-order valence-corrected chi connectivity index (χ2v) is 8.30. The minimum Gasteiger partial charge on any atom is -0.330 e. The van der Waals surface area contributed by atoms with E-state index >= 15 is 0 Å². The molecule has 0 amide bonds. The molecule has 1 saturated carbocycles. The maximum atomic E-state index is 6.13. The fourth-order valence-electron chi connectivity index (χ4n) is 4.79. The van der Waals surface area contributed by atoms with E-state index in [0.29, 0.717) is 18.4 Å². The van der Waals surface area contributed by atoms with Crippen molar-refractivity contribution in [3.63, 3.8) is 0 Å². The molecular formula is C23H34N2. The number of likely N-dealkylation sites (tertiary alicyclic amines) is 1. The summed E-state index contributed by atoms with van der Waals surface area (Å²) in [6.07, 6.45) is 8.20. The van der Waals surface area contributed by atoms with Crippen molar-refractivity contribution < 1.29 is 0 Å². The number of nitrogens with two attached hydrogens (primary N) is 1. The normalized spacial score (nSPS) is 30.3. The van der Waals surface area contributed by atoms with Crippen LogP contribution in [0.15, 0.2) is 49.1 Å². The third-order valence-electron chi connectivity index (χ3n) is 6.55. The van der Waals surface area contributed by atoms with Crippen LogP contribution >= 0.6 is 0 Å². The molecule has 136 valence electrons. The van der Waals surface area contributed by atoms with Gasteiger partial charge in [-0.25, -0.2) is 0 Å². The Hall–Kier alpha value is -1.38. The van der Waals surface area contributed by atoms with Gasteiger partial charge in [-0.1, -0.05) is 42.5 Å². The minimum absolute atomic E-state index is 0.0881. The number of allylic oxidation sites excluding steroid dienone is 1. The van der Waals surface area contributed by atoms with Gasteiger partial charge in [-0.2, -0.15) is 0 Å². The molecule has 1 aliphatic carbocycles. The highest BCUT2D eigenvalue weighted by molar-refractivity contribution is 5.29. The van der Waals surface area contributed by atoms with Crippen LogP contribution in [-0.2, 0) is 6.54 Å². The number of hydrogen-bond donors (Lipinski definition) is 1. The van der Waals surface area contributed by atoms with Gasteiger partial charge in [0.1, 0.15) is 0 Å². The van der Waals surface area contributed by atoms with Gasteiger partial charge in [0.25, 0.3) is 0 Å². The van der Waals surface area contributed by atoms with E-state index in [2.05, 4.69) is 55.3 Å². The Bertz CT molecular complexity index is 597. The summed E-state index contributed by atoms with van der Waals surface area (Å²) in [4.78, 5) is 2.56. The molecule has 2 nitrogen and oxygen atoms in total. The molecule has 1 saturated heterocycles. The molecule has 3 rings (SSSR count). The van der Waals surface area contributed by atoms with E-state index in [4.69, 9.17) is 5.73 Å². The first-order valence-corrected chi connectivity index (χ1v) is 9.87. The zero-order chi connectivity index (χ0) is 17.9. The van der Waals surface area contributed by atoms with Crippen molar-refractivity contribution in [1.82, 2.24) is 4.90 Å². The summed E-state index contributed by atoms with van der Waals surface area (Å²) in [6.45, 7) is 14.8. The maximum absolute atomic E-state index is 6.13. The lowest BCUT2D eigenvalue weighted by molar-refractivity contribution is 0.198. The third-order valence-corrected chi connectivity index (χ3v) is 6.55. The fourth-order valence-corrected chi connectivity index (χ4v) is 4.79. The van der Waals surface area contributed by atoms with Gasteiger partial charge in [-0.3, -0.25) is 4.90 Å². The van der Waals surface area contributed by atoms with E-state index in [9.17, 15) is 0 Å². The molecule has 3 atom stereocenters. The van der Waals surface area contributed by atoms with Crippen molar-refractivity contribution in [2.45, 2.75) is 51.5 Å². The quantitative estimate of drug-likeness (QED) is 0.750. The van der Waals surface area contributed by atoms with Crippen LogP contribution in [0.5, 0.6) is 0 Å². The van der Waals surface area contributed by atoms with Gasteiger partial charge < -0.3 is 5.73 Å². The molecule has 0 spiro atoms. The second kappa shape index (κ2) is 7.88. The van der Waals surface area contributed by atoms with Gasteiger partial charge in [0, 0.05) is 18.5 Å². The van der Waals surface area contributed by atoms with Gasteiger partial charge in [-0.15, -0.1) is 6.58 Å². The highest BCUT2D eigenvalue weighted by Gasteiger charge is 2.39. The van der Waals surface area contributed by atoms with Gasteiger partial charge in [-0.05, 0) is 75.1 Å². The lowest BCUT2D eigenvalue weighted by atomic mass is 9.62. The summed E-state index contributed by atoms with van der Waals surface area (Å²) in [6, 6.07) is 9.36. The first-order chi connectivity index (χ1) is 12.1. The zero-order valence-corrected chi connectivity index (χ0v) is 15.8. The first kappa shape index (κ1) is 18.4. The molecule has 1 aromatic carbocycles. The Kier molecular flexibility index (Phi) is 5.81. The molecule has 1 heterocycles. The van der Waals surface area contributed by atoms with Crippen LogP contribution in [0.3, 0.4) is 0 Å². The molecule has 25 heavy (non-hydrogen) atoms. The molecule has 2 N–H and O–H groups in total. The molecular weight excluding hydrogens is 304 g/mol. The van der Waals surface area contributed by atoms with Crippen LogP contribution in [0.4, 0.5) is 0 Å². The zero-order valence-electron chi connectivity index (χ0n) is 15.8. The fraction of sp³-hybridized carbons (Fsp3) is 0.565. The monoisotopic (exact) mass is 338 g/mol. The van der Waals surface area contributed by atoms with Crippen molar-refractivity contribution in [2.24, 2.45) is 17.1 Å². The van der Waals surface area contributed by atoms with Crippen LogP contribution in [0, 0.1) is 11.3 Å². The summed E-state index contributed by atoms with van der Waals surface area (Å²) >= 11 is 0. The molecule has 1 aliphatic heterocycles. The van der Waals surface area contributed by atoms with E-state index in [-0.39, 0.29) is 5.41 Å². The summed E-state index contributed by atoms with van der Waals surface area (Å²) in [5.41, 5.74) is 10.4. The largest absolute Gasteiger partial charge is 0.330 e. The van der Waals surface area contributed by atoms with Crippen molar-refractivity contribution >= 4 is 0 Å². The number of benzene rings is 1. The van der Waals surface area contributed by atoms with Crippen LogP contribution in [0.2, 0.25) is 0 Å². The first-order valence-electron chi connectivity index (χ1n) is 9.87. The van der Waals surface area contributed by atoms with E-state index < -0.39 is 0 Å². The number of hydrogen-bond acceptors (Lipinski definition) is 2. The third kappa shape index (κ3) is 4.07. The molecule has 2 heteroatoms. The van der Waals surface area contributed by atoms with Crippen LogP contribution in [-0.4, -0.2) is 24.5 Å². The summed E-state index contributed by atoms with van der Waals surface area (Å²) < 4.78 is 0. The average Bonchev–Trinajstić information content (AvgIpc) is 3.14. The maximum Gasteiger partial charge on any atom is 0.0233 e. The Labute approximate surface area is 153 Å². The van der Waals surface area contributed by atoms with Crippen molar-refractivity contribution in [2.75, 3.05) is 19.6 Å². The van der Waals surface area contributed by atoms with Gasteiger partial charge >= 0.3 is 0 Å². The average molecular weight is 339 g/mol. The van der Waals surface area contributed by atoms with E-state index in [1.54, 1.807) is 0 Å². The lowest BCUT2D eigenvalue weighted by Gasteiger charge is -2.43. The highest BCUT2D eigenvalue weighted by atomic mass is 15.1. The lowest BCUT2D eigenvalue weighted by Crippen LogP contribution is -2.37. The molecule has 0 radical (unpaired) electrons. The molecule has 0 aromatic heterocycles. The molecule has 1 aromatic rings. The Morgan fingerprint density at radius 1 is 1.28 bits per heavy atom. The number of rotatable bonds is 6. The van der Waals surface area contributed by atoms with Gasteiger partial charge in [0.2, 0.25) is 0 Å². The topological polar surface area (TPSA) is 29.3 Å². The molecule has 1 unspecified atom stereocenters. The standard InChI is InChI=1S/C23H34N2/c1-4-23(17-24)12-11-21(18(2)3)22(15-23)20-9-7-19(8-10-20)16-25-13-5-6-14-25/h4,7-10,21-22H,1-2,5-6,11-17,24H2,3H3/t21-,22?,23-/m0/s1. The van der Waals surface area contributed by atoms with Crippen molar-refractivity contribution in [1.29, 1.82) is 0 Å². The Morgan fingerprint density at radius 2 is 1.96 bits per heavy atom. The predicted molar refractivity (Wildman–Crippen MR) is 108 cm³/mol. The van der Waals surface area contributed by atoms with E-state index in [1.807, 2.05) is 0 Å². The van der Waals surface area contributed by atoms with E-state index in [1.165, 1.54) is 49.1 Å². The minimum atomic E-state index is 0.0881. The van der Waals surface area contributed by atoms with Crippen molar-refractivity contribution in [3.05, 3.63) is 60.2 Å².